The number of fused-ring (bicyclic) bond motifs is 3. The molecule has 1 amide bonds. The normalized spacial score (nSPS) is 17.1. The Kier molecular flexibility index (Phi) is 7.59. The molecule has 0 spiro atoms. The fourth-order valence-electron chi connectivity index (χ4n) is 5.78. The van der Waals surface area contributed by atoms with Gasteiger partial charge >= 0.3 is 0 Å². The fourth-order valence-corrected chi connectivity index (χ4v) is 5.78. The maximum absolute atomic E-state index is 14.7. The van der Waals surface area contributed by atoms with E-state index >= 15 is 0 Å². The zero-order valence-corrected chi connectivity index (χ0v) is 22.0. The Morgan fingerprint density at radius 3 is 2.49 bits per heavy atom. The lowest BCUT2D eigenvalue weighted by Gasteiger charge is -2.30. The number of aromatic nitrogens is 1. The zero-order valence-electron chi connectivity index (χ0n) is 22.0. The van der Waals surface area contributed by atoms with Gasteiger partial charge in [-0.1, -0.05) is 39.2 Å². The maximum Gasteiger partial charge on any atom is 0.250 e. The van der Waals surface area contributed by atoms with Gasteiger partial charge in [-0.05, 0) is 48.4 Å². The molecule has 1 aliphatic heterocycles. The number of benzene rings is 2. The average molecular weight is 510 g/mol. The Morgan fingerprint density at radius 1 is 1.14 bits per heavy atom. The van der Waals surface area contributed by atoms with Gasteiger partial charge in [-0.2, -0.15) is 0 Å². The number of carbonyl (C=O) groups is 2. The number of anilines is 1. The number of nitrogens with zero attached hydrogens (tertiary/aromatic N) is 1. The van der Waals surface area contributed by atoms with Crippen molar-refractivity contribution in [2.24, 2.45) is 11.1 Å². The third kappa shape index (κ3) is 5.07. The Balaban J connectivity index is 0.00000156. The van der Waals surface area contributed by atoms with E-state index in [1.807, 2.05) is 12.1 Å². The van der Waals surface area contributed by atoms with Crippen LogP contribution in [0.25, 0.3) is 22.0 Å². The molecule has 0 bridgehead atoms. The van der Waals surface area contributed by atoms with Gasteiger partial charge < -0.3 is 20.9 Å². The number of ether oxygens (including phenoxy) is 1. The van der Waals surface area contributed by atoms with Crippen molar-refractivity contribution in [3.63, 3.8) is 0 Å². The standard InChI is InChI=1S/C28H32FN3O3.CH4O/c1-28(2)14-23-26(19-12-24(35-3)20(29)13-22(19)32(23)25(33)15-28)16-9-10-18(27(30)34)21(11-16)31-17-7-5-4-6-8-17;1-2/h9-13,17,31H,4-8,14-15H2,1-3H3,(H2,30,34);2H,1H3. The van der Waals surface area contributed by atoms with Crippen LogP contribution in [0.3, 0.4) is 0 Å². The summed E-state index contributed by atoms with van der Waals surface area (Å²) in [5.74, 6) is -0.916. The molecule has 7 nitrogen and oxygen atoms in total. The summed E-state index contributed by atoms with van der Waals surface area (Å²) in [7, 11) is 2.43. The number of rotatable bonds is 5. The van der Waals surface area contributed by atoms with Crippen LogP contribution in [0.2, 0.25) is 0 Å². The highest BCUT2D eigenvalue weighted by atomic mass is 19.1. The fraction of sp³-hybridized carbons (Fsp3) is 0.448. The predicted molar refractivity (Wildman–Crippen MR) is 144 cm³/mol. The number of aliphatic hydroxyl groups is 1. The number of nitrogens with two attached hydrogens (primary N) is 1. The first-order valence-corrected chi connectivity index (χ1v) is 12.8. The molecular formula is C29H36FN3O4. The summed E-state index contributed by atoms with van der Waals surface area (Å²) in [5.41, 5.74) is 9.73. The summed E-state index contributed by atoms with van der Waals surface area (Å²) in [4.78, 5) is 25.5. The summed E-state index contributed by atoms with van der Waals surface area (Å²) in [5, 5.41) is 11.3. The van der Waals surface area contributed by atoms with Gasteiger partial charge in [0.1, 0.15) is 0 Å². The van der Waals surface area contributed by atoms with Crippen molar-refractivity contribution < 1.29 is 23.8 Å². The first kappa shape index (κ1) is 26.7. The van der Waals surface area contributed by atoms with Gasteiger partial charge in [0.25, 0.3) is 5.91 Å². The van der Waals surface area contributed by atoms with E-state index in [1.54, 1.807) is 16.7 Å². The zero-order chi connectivity index (χ0) is 26.9. The van der Waals surface area contributed by atoms with Gasteiger partial charge in [0.2, 0.25) is 5.91 Å². The summed E-state index contributed by atoms with van der Waals surface area (Å²) < 4.78 is 21.7. The van der Waals surface area contributed by atoms with Crippen molar-refractivity contribution in [3.05, 3.63) is 47.4 Å². The largest absolute Gasteiger partial charge is 0.494 e. The van der Waals surface area contributed by atoms with Crippen molar-refractivity contribution >= 4 is 28.4 Å². The lowest BCUT2D eigenvalue weighted by atomic mass is 9.80. The van der Waals surface area contributed by atoms with Gasteiger partial charge in [-0.15, -0.1) is 0 Å². The number of carbonyl (C=O) groups excluding carboxylic acids is 2. The van der Waals surface area contributed by atoms with Crippen molar-refractivity contribution in [1.82, 2.24) is 4.57 Å². The second-order valence-corrected chi connectivity index (χ2v) is 10.7. The Morgan fingerprint density at radius 2 is 1.84 bits per heavy atom. The van der Waals surface area contributed by atoms with Crippen LogP contribution >= 0.6 is 0 Å². The van der Waals surface area contributed by atoms with Gasteiger partial charge in [-0.25, -0.2) is 4.39 Å². The van der Waals surface area contributed by atoms with Crippen molar-refractivity contribution in [1.29, 1.82) is 0 Å². The Bertz CT molecular complexity index is 1340. The van der Waals surface area contributed by atoms with Crippen LogP contribution in [0, 0.1) is 11.2 Å². The highest BCUT2D eigenvalue weighted by molar-refractivity contribution is 6.07. The quantitative estimate of drug-likeness (QED) is 0.420. The highest BCUT2D eigenvalue weighted by Crippen LogP contribution is 2.45. The van der Waals surface area contributed by atoms with Crippen molar-refractivity contribution in [3.8, 4) is 16.9 Å². The van der Waals surface area contributed by atoms with E-state index in [2.05, 4.69) is 19.2 Å². The van der Waals surface area contributed by atoms with Crippen molar-refractivity contribution in [2.75, 3.05) is 19.5 Å². The van der Waals surface area contributed by atoms with Crippen LogP contribution in [0.5, 0.6) is 5.75 Å². The van der Waals surface area contributed by atoms with E-state index in [0.29, 0.717) is 29.6 Å². The van der Waals surface area contributed by atoms with E-state index in [9.17, 15) is 14.0 Å². The monoisotopic (exact) mass is 509 g/mol. The third-order valence-corrected chi connectivity index (χ3v) is 7.40. The maximum atomic E-state index is 14.7. The number of hydrogen-bond donors (Lipinski definition) is 3. The molecule has 1 aromatic heterocycles. The van der Waals surface area contributed by atoms with Gasteiger partial charge in [0.05, 0.1) is 18.2 Å². The first-order chi connectivity index (χ1) is 17.7. The molecule has 2 aliphatic rings. The Hall–Kier alpha value is -3.39. The van der Waals surface area contributed by atoms with Crippen LogP contribution < -0.4 is 15.8 Å². The van der Waals surface area contributed by atoms with Gasteiger partial charge in [-0.3, -0.25) is 14.2 Å². The van der Waals surface area contributed by atoms with Crippen molar-refractivity contribution in [2.45, 2.75) is 64.8 Å². The molecule has 5 rings (SSSR count). The summed E-state index contributed by atoms with van der Waals surface area (Å²) in [6.07, 6.45) is 6.68. The van der Waals surface area contributed by atoms with Gasteiger partial charge in [0, 0.05) is 48.0 Å². The number of primary amides is 1. The number of halogens is 1. The van der Waals surface area contributed by atoms with Crippen LogP contribution in [0.4, 0.5) is 10.1 Å². The topological polar surface area (TPSA) is 107 Å². The average Bonchev–Trinajstić information content (AvgIpc) is 3.16. The molecule has 0 radical (unpaired) electrons. The van der Waals surface area contributed by atoms with Crippen LogP contribution in [-0.4, -0.2) is 41.7 Å². The smallest absolute Gasteiger partial charge is 0.250 e. The Labute approximate surface area is 216 Å². The lowest BCUT2D eigenvalue weighted by molar-refractivity contribution is 0.0816. The predicted octanol–water partition coefficient (Wildman–Crippen LogP) is 5.52. The molecule has 8 heteroatoms. The molecule has 1 saturated carbocycles. The molecule has 4 N–H and O–H groups in total. The van der Waals surface area contributed by atoms with E-state index in [-0.39, 0.29) is 23.1 Å². The molecular weight excluding hydrogens is 473 g/mol. The number of aliphatic hydroxyl groups excluding tert-OH is 1. The summed E-state index contributed by atoms with van der Waals surface area (Å²) in [6.45, 7) is 4.15. The molecule has 198 valence electrons. The second kappa shape index (κ2) is 10.5. The number of hydrogen-bond acceptors (Lipinski definition) is 5. The van der Waals surface area contributed by atoms with E-state index in [4.69, 9.17) is 15.6 Å². The third-order valence-electron chi connectivity index (χ3n) is 7.40. The molecule has 0 atom stereocenters. The number of nitrogens with one attached hydrogen (secondary N) is 1. The first-order valence-electron chi connectivity index (χ1n) is 12.8. The minimum absolute atomic E-state index is 0.0497. The summed E-state index contributed by atoms with van der Waals surface area (Å²) in [6, 6.07) is 8.90. The molecule has 1 aliphatic carbocycles. The number of methoxy groups -OCH3 is 1. The molecule has 0 saturated heterocycles. The van der Waals surface area contributed by atoms with E-state index in [1.165, 1.54) is 19.6 Å². The van der Waals surface area contributed by atoms with E-state index < -0.39 is 11.7 Å². The molecule has 37 heavy (non-hydrogen) atoms. The SMILES string of the molecule is CO.COc1cc2c(-c3ccc(C(N)=O)c(NC4CCCCC4)c3)c3n(c2cc1F)C(=O)CC(C)(C)C3. The molecule has 2 heterocycles. The van der Waals surface area contributed by atoms with Crippen LogP contribution in [0.1, 0.15) is 73.2 Å². The minimum atomic E-state index is -0.506. The summed E-state index contributed by atoms with van der Waals surface area (Å²) >= 11 is 0. The second-order valence-electron chi connectivity index (χ2n) is 10.7. The molecule has 2 aromatic carbocycles. The molecule has 1 fully saturated rings. The van der Waals surface area contributed by atoms with Crippen LogP contribution in [0.15, 0.2) is 30.3 Å². The number of amides is 1. The minimum Gasteiger partial charge on any atom is -0.494 e. The highest BCUT2D eigenvalue weighted by Gasteiger charge is 2.35. The van der Waals surface area contributed by atoms with Crippen LogP contribution in [-0.2, 0) is 6.42 Å². The van der Waals surface area contributed by atoms with E-state index in [0.717, 1.165) is 55.0 Å². The molecule has 0 unspecified atom stereocenters. The lowest BCUT2D eigenvalue weighted by Crippen LogP contribution is -2.31. The molecule has 3 aromatic rings. The van der Waals surface area contributed by atoms with Gasteiger partial charge in [0.15, 0.2) is 11.6 Å².